The fourth-order valence-corrected chi connectivity index (χ4v) is 3.79. The normalized spacial score (nSPS) is 17.7. The minimum absolute atomic E-state index is 0.0478. The van der Waals surface area contributed by atoms with Crippen molar-refractivity contribution < 1.29 is 9.59 Å². The van der Waals surface area contributed by atoms with Gasteiger partial charge in [0.25, 0.3) is 0 Å². The Morgan fingerprint density at radius 3 is 2.59 bits per heavy atom. The summed E-state index contributed by atoms with van der Waals surface area (Å²) in [7, 11) is 0. The van der Waals surface area contributed by atoms with Crippen LogP contribution in [-0.2, 0) is 10.2 Å². The van der Waals surface area contributed by atoms with Crippen molar-refractivity contribution in [1.82, 2.24) is 5.32 Å². The van der Waals surface area contributed by atoms with Crippen LogP contribution in [0.4, 0.5) is 16.2 Å². The lowest BCUT2D eigenvalue weighted by Gasteiger charge is -2.19. The number of amides is 3. The third kappa shape index (κ3) is 3.78. The molecule has 27 heavy (non-hydrogen) atoms. The summed E-state index contributed by atoms with van der Waals surface area (Å²) in [6.45, 7) is 1.29. The van der Waals surface area contributed by atoms with Crippen molar-refractivity contribution in [1.29, 1.82) is 0 Å². The summed E-state index contributed by atoms with van der Waals surface area (Å²) in [5.74, 6) is 0.103. The summed E-state index contributed by atoms with van der Waals surface area (Å²) >= 11 is 6.24. The molecule has 4 rings (SSSR count). The Labute approximate surface area is 163 Å². The summed E-state index contributed by atoms with van der Waals surface area (Å²) in [4.78, 5) is 26.1. The smallest absolute Gasteiger partial charge is 0.319 e. The van der Waals surface area contributed by atoms with Crippen molar-refractivity contribution in [3.63, 3.8) is 0 Å². The number of rotatable bonds is 5. The third-order valence-electron chi connectivity index (χ3n) is 5.41. The van der Waals surface area contributed by atoms with E-state index in [0.717, 1.165) is 24.9 Å². The van der Waals surface area contributed by atoms with Crippen molar-refractivity contribution in [2.24, 2.45) is 0 Å². The number of nitrogens with zero attached hydrogens (tertiary/aromatic N) is 1. The minimum atomic E-state index is -0.288. The Morgan fingerprint density at radius 1 is 1.15 bits per heavy atom. The molecule has 0 atom stereocenters. The molecule has 1 heterocycles. The number of hydrogen-bond donors (Lipinski definition) is 2. The zero-order chi connectivity index (χ0) is 18.9. The Hall–Kier alpha value is -2.53. The Kier molecular flexibility index (Phi) is 4.79. The average molecular weight is 384 g/mol. The zero-order valence-electron chi connectivity index (χ0n) is 15.0. The SMILES string of the molecule is O=C(NCC1(c2ccccc2)CC1)Nc1cc(N2CCCC2=O)ccc1Cl. The predicted octanol–water partition coefficient (Wildman–Crippen LogP) is 4.32. The molecule has 2 fully saturated rings. The molecule has 1 saturated carbocycles. The third-order valence-corrected chi connectivity index (χ3v) is 5.74. The van der Waals surface area contributed by atoms with Gasteiger partial charge in [-0.1, -0.05) is 41.9 Å². The molecule has 1 aliphatic heterocycles. The van der Waals surface area contributed by atoms with Crippen molar-refractivity contribution in [2.45, 2.75) is 31.1 Å². The van der Waals surface area contributed by atoms with Crippen LogP contribution in [0.5, 0.6) is 0 Å². The van der Waals surface area contributed by atoms with E-state index in [2.05, 4.69) is 22.8 Å². The molecule has 1 saturated heterocycles. The first kappa shape index (κ1) is 17.9. The van der Waals surface area contributed by atoms with Gasteiger partial charge in [0.1, 0.15) is 0 Å². The van der Waals surface area contributed by atoms with Gasteiger partial charge in [-0.15, -0.1) is 0 Å². The topological polar surface area (TPSA) is 61.4 Å². The quantitative estimate of drug-likeness (QED) is 0.807. The number of halogens is 1. The summed E-state index contributed by atoms with van der Waals surface area (Å²) in [6.07, 6.45) is 3.56. The largest absolute Gasteiger partial charge is 0.337 e. The molecule has 6 heteroatoms. The average Bonchev–Trinajstić information content (AvgIpc) is 3.36. The number of urea groups is 1. The van der Waals surface area contributed by atoms with Gasteiger partial charge in [0, 0.05) is 30.6 Å². The molecule has 2 N–H and O–H groups in total. The highest BCUT2D eigenvalue weighted by molar-refractivity contribution is 6.33. The molecule has 5 nitrogen and oxygen atoms in total. The van der Waals surface area contributed by atoms with Crippen molar-refractivity contribution in [2.75, 3.05) is 23.3 Å². The maximum absolute atomic E-state index is 12.4. The van der Waals surface area contributed by atoms with Crippen LogP contribution in [0, 0.1) is 0 Å². The lowest BCUT2D eigenvalue weighted by atomic mass is 9.96. The molecule has 2 aliphatic rings. The number of nitrogens with one attached hydrogen (secondary N) is 2. The van der Waals surface area contributed by atoms with Crippen molar-refractivity contribution >= 4 is 34.9 Å². The van der Waals surface area contributed by atoms with Gasteiger partial charge in [-0.05, 0) is 43.0 Å². The van der Waals surface area contributed by atoms with E-state index in [4.69, 9.17) is 11.6 Å². The zero-order valence-corrected chi connectivity index (χ0v) is 15.8. The van der Waals surface area contributed by atoms with Gasteiger partial charge >= 0.3 is 6.03 Å². The van der Waals surface area contributed by atoms with Crippen LogP contribution in [0.2, 0.25) is 5.02 Å². The second kappa shape index (κ2) is 7.24. The first-order valence-corrected chi connectivity index (χ1v) is 9.66. The van der Waals surface area contributed by atoms with E-state index < -0.39 is 0 Å². The van der Waals surface area contributed by atoms with E-state index in [-0.39, 0.29) is 17.4 Å². The van der Waals surface area contributed by atoms with Crippen LogP contribution in [-0.4, -0.2) is 25.0 Å². The maximum Gasteiger partial charge on any atom is 0.319 e. The number of benzene rings is 2. The van der Waals surface area contributed by atoms with E-state index in [1.165, 1.54) is 5.56 Å². The summed E-state index contributed by atoms with van der Waals surface area (Å²) in [6, 6.07) is 15.3. The first-order valence-electron chi connectivity index (χ1n) is 9.28. The molecule has 2 aromatic rings. The highest BCUT2D eigenvalue weighted by Crippen LogP contribution is 2.47. The van der Waals surface area contributed by atoms with Crippen LogP contribution in [0.15, 0.2) is 48.5 Å². The summed E-state index contributed by atoms with van der Waals surface area (Å²) in [5, 5.41) is 6.24. The maximum atomic E-state index is 12.4. The van der Waals surface area contributed by atoms with E-state index in [1.807, 2.05) is 24.3 Å². The molecule has 1 aliphatic carbocycles. The van der Waals surface area contributed by atoms with Crippen molar-refractivity contribution in [3.8, 4) is 0 Å². The number of carbonyl (C=O) groups excluding carboxylic acids is 2. The van der Waals surface area contributed by atoms with Gasteiger partial charge in [0.2, 0.25) is 5.91 Å². The van der Waals surface area contributed by atoms with Gasteiger partial charge in [-0.2, -0.15) is 0 Å². The van der Waals surface area contributed by atoms with Crippen molar-refractivity contribution in [3.05, 3.63) is 59.1 Å². The molecule has 2 aromatic carbocycles. The van der Waals surface area contributed by atoms with Crippen LogP contribution in [0.3, 0.4) is 0 Å². The number of anilines is 2. The Morgan fingerprint density at radius 2 is 1.93 bits per heavy atom. The lowest BCUT2D eigenvalue weighted by molar-refractivity contribution is -0.117. The highest BCUT2D eigenvalue weighted by Gasteiger charge is 2.44. The van der Waals surface area contributed by atoms with E-state index in [1.54, 1.807) is 17.0 Å². The van der Waals surface area contributed by atoms with E-state index >= 15 is 0 Å². The summed E-state index contributed by atoms with van der Waals surface area (Å²) < 4.78 is 0. The second-order valence-electron chi connectivity index (χ2n) is 7.27. The Balaban J connectivity index is 1.40. The fourth-order valence-electron chi connectivity index (χ4n) is 3.62. The van der Waals surface area contributed by atoms with Crippen LogP contribution < -0.4 is 15.5 Å². The molecule has 0 radical (unpaired) electrons. The monoisotopic (exact) mass is 383 g/mol. The molecule has 0 unspecified atom stereocenters. The molecular formula is C21H22ClN3O2. The van der Waals surface area contributed by atoms with Gasteiger partial charge < -0.3 is 15.5 Å². The molecular weight excluding hydrogens is 362 g/mol. The molecule has 0 aromatic heterocycles. The molecule has 140 valence electrons. The van der Waals surface area contributed by atoms with E-state index in [9.17, 15) is 9.59 Å². The second-order valence-corrected chi connectivity index (χ2v) is 7.67. The van der Waals surface area contributed by atoms with Crippen LogP contribution in [0.1, 0.15) is 31.2 Å². The first-order chi connectivity index (χ1) is 13.1. The van der Waals surface area contributed by atoms with Gasteiger partial charge in [0.15, 0.2) is 0 Å². The van der Waals surface area contributed by atoms with Gasteiger partial charge in [-0.25, -0.2) is 4.79 Å². The van der Waals surface area contributed by atoms with Gasteiger partial charge in [-0.3, -0.25) is 4.79 Å². The van der Waals surface area contributed by atoms with Crippen LogP contribution in [0.25, 0.3) is 0 Å². The number of hydrogen-bond acceptors (Lipinski definition) is 2. The number of carbonyl (C=O) groups is 2. The van der Waals surface area contributed by atoms with Gasteiger partial charge in [0.05, 0.1) is 10.7 Å². The standard InChI is InChI=1S/C21H22ClN3O2/c22-17-9-8-16(25-12-4-7-19(25)26)13-18(17)24-20(27)23-14-21(10-11-21)15-5-2-1-3-6-15/h1-3,5-6,8-9,13H,4,7,10-12,14H2,(H2,23,24,27). The fraction of sp³-hybridized carbons (Fsp3) is 0.333. The highest BCUT2D eigenvalue weighted by atomic mass is 35.5. The molecule has 0 bridgehead atoms. The predicted molar refractivity (Wildman–Crippen MR) is 107 cm³/mol. The summed E-state index contributed by atoms with van der Waals surface area (Å²) in [5.41, 5.74) is 2.58. The lowest BCUT2D eigenvalue weighted by Crippen LogP contribution is -2.35. The molecule has 3 amide bonds. The van der Waals surface area contributed by atoms with Crippen LogP contribution >= 0.6 is 11.6 Å². The Bertz CT molecular complexity index is 865. The van der Waals surface area contributed by atoms with E-state index in [0.29, 0.717) is 30.2 Å². The minimum Gasteiger partial charge on any atom is -0.337 e. The molecule has 0 spiro atoms.